The van der Waals surface area contributed by atoms with Gasteiger partial charge >= 0.3 is 30.3 Å². The van der Waals surface area contributed by atoms with Crippen molar-refractivity contribution < 1.29 is 60.1 Å². The summed E-state index contributed by atoms with van der Waals surface area (Å²) in [5, 5.41) is 14.2. The number of benzene rings is 1. The molecule has 3 rings (SSSR count). The summed E-state index contributed by atoms with van der Waals surface area (Å²) in [7, 11) is 0. The summed E-state index contributed by atoms with van der Waals surface area (Å²) in [4.78, 5) is 35.7. The Morgan fingerprint density at radius 3 is 1.90 bits per heavy atom. The van der Waals surface area contributed by atoms with Crippen LogP contribution in [0.1, 0.15) is 39.2 Å². The molecule has 0 saturated carbocycles. The van der Waals surface area contributed by atoms with E-state index in [1.165, 1.54) is 12.1 Å². The third-order valence-electron chi connectivity index (χ3n) is 6.45. The van der Waals surface area contributed by atoms with Crippen molar-refractivity contribution in [2.24, 2.45) is 17.3 Å². The molecule has 2 saturated heterocycles. The molecule has 41 heavy (non-hydrogen) atoms. The molecular weight excluding hydrogens is 569 g/mol. The lowest BCUT2D eigenvalue weighted by Crippen LogP contribution is -2.42. The maximum absolute atomic E-state index is 13.2. The quantitative estimate of drug-likeness (QED) is 0.352. The average Bonchev–Trinajstić information content (AvgIpc) is 3.07. The standard InChI is InChI=1S/C22H33FN2O2.2C2HF3O2/c1-4-27-21(26)22-10-5-11-24(13-18-6-8-20(23)9-7-18)14-19(22)15-25(16-22)12-17(2)3;2*3-2(4,5)1(6)7/h6-9,17,19H,4-5,10-16H2,1-3H3;2*(H,6,7)/t19-,22-;;/m0../s1. The molecule has 2 heterocycles. The van der Waals surface area contributed by atoms with Gasteiger partial charge in [-0.1, -0.05) is 26.0 Å². The van der Waals surface area contributed by atoms with Crippen LogP contribution in [0.15, 0.2) is 24.3 Å². The normalized spacial score (nSPS) is 21.5. The van der Waals surface area contributed by atoms with Gasteiger partial charge in [-0.25, -0.2) is 14.0 Å². The van der Waals surface area contributed by atoms with Crippen molar-refractivity contribution in [1.29, 1.82) is 0 Å². The van der Waals surface area contributed by atoms with E-state index in [1.54, 1.807) is 0 Å². The van der Waals surface area contributed by atoms with Crippen LogP contribution in [0.2, 0.25) is 0 Å². The highest BCUT2D eigenvalue weighted by Crippen LogP contribution is 2.44. The molecule has 1 aromatic rings. The molecule has 0 radical (unpaired) electrons. The van der Waals surface area contributed by atoms with E-state index in [4.69, 9.17) is 24.5 Å². The number of carboxylic acids is 2. The van der Waals surface area contributed by atoms with E-state index in [9.17, 15) is 35.5 Å². The van der Waals surface area contributed by atoms with E-state index >= 15 is 0 Å². The van der Waals surface area contributed by atoms with Gasteiger partial charge in [0.1, 0.15) is 5.82 Å². The van der Waals surface area contributed by atoms with E-state index in [0.29, 0.717) is 18.4 Å². The third-order valence-corrected chi connectivity index (χ3v) is 6.45. The van der Waals surface area contributed by atoms with Gasteiger partial charge in [-0.05, 0) is 49.9 Å². The fraction of sp³-hybridized carbons (Fsp3) is 0.654. The van der Waals surface area contributed by atoms with Gasteiger partial charge < -0.3 is 19.8 Å². The first-order chi connectivity index (χ1) is 18.8. The number of nitrogens with zero attached hydrogens (tertiary/aromatic N) is 2. The maximum atomic E-state index is 13.2. The predicted molar refractivity (Wildman–Crippen MR) is 132 cm³/mol. The van der Waals surface area contributed by atoms with Gasteiger partial charge in [0.25, 0.3) is 0 Å². The van der Waals surface area contributed by atoms with Crippen LogP contribution in [-0.4, -0.2) is 89.6 Å². The zero-order chi connectivity index (χ0) is 31.6. The molecule has 0 aliphatic carbocycles. The van der Waals surface area contributed by atoms with Crippen LogP contribution in [0.25, 0.3) is 0 Å². The number of hydrogen-bond donors (Lipinski definition) is 2. The molecule has 0 bridgehead atoms. The van der Waals surface area contributed by atoms with E-state index in [0.717, 1.165) is 57.7 Å². The van der Waals surface area contributed by atoms with Gasteiger partial charge in [0.15, 0.2) is 0 Å². The lowest BCUT2D eigenvalue weighted by Gasteiger charge is -2.31. The smallest absolute Gasteiger partial charge is 0.475 e. The summed E-state index contributed by atoms with van der Waals surface area (Å²) < 4.78 is 82.2. The Hall–Kier alpha value is -2.94. The Labute approximate surface area is 233 Å². The Balaban J connectivity index is 0.000000497. The van der Waals surface area contributed by atoms with E-state index in [-0.39, 0.29) is 17.2 Å². The highest BCUT2D eigenvalue weighted by molar-refractivity contribution is 5.78. The van der Waals surface area contributed by atoms with Crippen molar-refractivity contribution in [2.75, 3.05) is 39.3 Å². The number of carbonyl (C=O) groups is 3. The van der Waals surface area contributed by atoms with Gasteiger partial charge in [0.2, 0.25) is 0 Å². The molecule has 0 amide bonds. The van der Waals surface area contributed by atoms with Crippen LogP contribution in [-0.2, 0) is 25.7 Å². The molecule has 15 heteroatoms. The predicted octanol–water partition coefficient (Wildman–Crippen LogP) is 4.83. The first-order valence-electron chi connectivity index (χ1n) is 12.8. The lowest BCUT2D eigenvalue weighted by atomic mass is 9.75. The second-order valence-corrected chi connectivity index (χ2v) is 10.2. The summed E-state index contributed by atoms with van der Waals surface area (Å²) in [5.74, 6) is -4.85. The van der Waals surface area contributed by atoms with Crippen molar-refractivity contribution >= 4 is 17.9 Å². The maximum Gasteiger partial charge on any atom is 0.490 e. The van der Waals surface area contributed by atoms with E-state index in [1.807, 2.05) is 19.1 Å². The number of likely N-dealkylation sites (tertiary alicyclic amines) is 2. The van der Waals surface area contributed by atoms with Gasteiger partial charge in [0.05, 0.1) is 12.0 Å². The topological polar surface area (TPSA) is 107 Å². The van der Waals surface area contributed by atoms with Crippen LogP contribution >= 0.6 is 0 Å². The third kappa shape index (κ3) is 11.8. The van der Waals surface area contributed by atoms with Crippen LogP contribution in [0.4, 0.5) is 30.7 Å². The Kier molecular flexibility index (Phi) is 13.5. The minimum absolute atomic E-state index is 0.00936. The molecule has 2 N–H and O–H groups in total. The molecule has 2 aliphatic heterocycles. The molecule has 2 aliphatic rings. The minimum atomic E-state index is -5.08. The van der Waals surface area contributed by atoms with Crippen molar-refractivity contribution in [3.63, 3.8) is 0 Å². The fourth-order valence-corrected chi connectivity index (χ4v) is 4.87. The summed E-state index contributed by atoms with van der Waals surface area (Å²) in [6.45, 7) is 12.3. The number of halogens is 7. The Morgan fingerprint density at radius 2 is 1.46 bits per heavy atom. The van der Waals surface area contributed by atoms with Gasteiger partial charge in [-0.15, -0.1) is 0 Å². The molecule has 0 unspecified atom stereocenters. The number of carboxylic acid groups (broad SMARTS) is 2. The fourth-order valence-electron chi connectivity index (χ4n) is 4.87. The van der Waals surface area contributed by atoms with E-state index < -0.39 is 24.3 Å². The highest BCUT2D eigenvalue weighted by Gasteiger charge is 2.53. The molecule has 0 spiro atoms. The molecule has 0 aromatic heterocycles. The van der Waals surface area contributed by atoms with Crippen LogP contribution < -0.4 is 0 Å². The number of hydrogen-bond acceptors (Lipinski definition) is 6. The first kappa shape index (κ1) is 36.1. The molecule has 234 valence electrons. The van der Waals surface area contributed by atoms with Crippen molar-refractivity contribution in [2.45, 2.75) is 52.5 Å². The number of esters is 1. The summed E-state index contributed by atoms with van der Waals surface area (Å²) >= 11 is 0. The van der Waals surface area contributed by atoms with Gasteiger partial charge in [0, 0.05) is 38.6 Å². The van der Waals surface area contributed by atoms with Gasteiger partial charge in [-0.3, -0.25) is 9.69 Å². The minimum Gasteiger partial charge on any atom is -0.475 e. The molecule has 2 atom stereocenters. The van der Waals surface area contributed by atoms with Crippen molar-refractivity contribution in [3.8, 4) is 0 Å². The number of carbonyl (C=O) groups excluding carboxylic acids is 1. The highest BCUT2D eigenvalue weighted by atomic mass is 19.4. The Morgan fingerprint density at radius 1 is 0.976 bits per heavy atom. The number of ether oxygens (including phenoxy) is 1. The number of alkyl halides is 6. The summed E-state index contributed by atoms with van der Waals surface area (Å²) in [5.41, 5.74) is 0.750. The molecule has 8 nitrogen and oxygen atoms in total. The summed E-state index contributed by atoms with van der Waals surface area (Å²) in [6.07, 6.45) is -8.28. The second kappa shape index (κ2) is 15.3. The van der Waals surface area contributed by atoms with Crippen LogP contribution in [0, 0.1) is 23.1 Å². The Bertz CT molecular complexity index is 978. The van der Waals surface area contributed by atoms with Crippen molar-refractivity contribution in [1.82, 2.24) is 9.80 Å². The first-order valence-corrected chi connectivity index (χ1v) is 12.8. The average molecular weight is 605 g/mol. The largest absolute Gasteiger partial charge is 0.490 e. The van der Waals surface area contributed by atoms with Crippen molar-refractivity contribution in [3.05, 3.63) is 35.6 Å². The van der Waals surface area contributed by atoms with Crippen LogP contribution in [0.5, 0.6) is 0 Å². The zero-order valence-corrected chi connectivity index (χ0v) is 22.9. The van der Waals surface area contributed by atoms with Gasteiger partial charge in [-0.2, -0.15) is 26.3 Å². The second-order valence-electron chi connectivity index (χ2n) is 10.2. The lowest BCUT2D eigenvalue weighted by molar-refractivity contribution is -0.193. The number of fused-ring (bicyclic) bond motifs is 1. The monoisotopic (exact) mass is 604 g/mol. The number of rotatable bonds is 6. The SMILES string of the molecule is CCOC(=O)[C@]12CCCN(Cc3ccc(F)cc3)C[C@H]1CN(CC(C)C)C2.O=C(O)C(F)(F)F.O=C(O)C(F)(F)F. The molecular formula is C26H35F7N2O6. The summed E-state index contributed by atoms with van der Waals surface area (Å²) in [6, 6.07) is 6.77. The van der Waals surface area contributed by atoms with Crippen LogP contribution in [0.3, 0.4) is 0 Å². The van der Waals surface area contributed by atoms with E-state index in [2.05, 4.69) is 23.6 Å². The zero-order valence-electron chi connectivity index (χ0n) is 22.9. The number of aliphatic carboxylic acids is 2. The molecule has 1 aromatic carbocycles. The molecule has 2 fully saturated rings.